The first-order valence-electron chi connectivity index (χ1n) is 14.6. The van der Waals surface area contributed by atoms with Crippen LogP contribution in [0.1, 0.15) is 110 Å². The van der Waals surface area contributed by atoms with Gasteiger partial charge in [0, 0.05) is 28.6 Å². The van der Waals surface area contributed by atoms with Gasteiger partial charge in [-0.3, -0.25) is 4.90 Å². The number of hydrogen-bond donors (Lipinski definition) is 0. The molecule has 4 fully saturated rings. The zero-order valence-corrected chi connectivity index (χ0v) is 25.8. The molecule has 0 bridgehead atoms. The molecule has 36 heavy (non-hydrogen) atoms. The first-order valence-corrected chi connectivity index (χ1v) is 19.7. The SMILES string of the molecule is CCOC(=O)/C(=C/C1CCC(C2CCC(N(C3CCCCC3)C3CCCCC3)CC2)S1)CS(=O)(=O)I. The highest BCUT2D eigenvalue weighted by Gasteiger charge is 2.39. The molecule has 1 heterocycles. The van der Waals surface area contributed by atoms with Crippen LogP contribution >= 0.6 is 33.0 Å². The second kappa shape index (κ2) is 14.0. The van der Waals surface area contributed by atoms with Crippen molar-refractivity contribution in [3.63, 3.8) is 0 Å². The summed E-state index contributed by atoms with van der Waals surface area (Å²) in [5.41, 5.74) is 0.309. The van der Waals surface area contributed by atoms with Crippen LogP contribution in [0.25, 0.3) is 0 Å². The maximum absolute atomic E-state index is 12.4. The van der Waals surface area contributed by atoms with E-state index in [2.05, 4.69) is 4.90 Å². The van der Waals surface area contributed by atoms with Crippen molar-refractivity contribution in [2.75, 3.05) is 12.4 Å². The van der Waals surface area contributed by atoms with Crippen LogP contribution in [-0.4, -0.2) is 60.3 Å². The Morgan fingerprint density at radius 2 is 1.42 bits per heavy atom. The number of thioether (sulfide) groups is 1. The molecule has 1 aliphatic heterocycles. The van der Waals surface area contributed by atoms with Crippen LogP contribution in [0.2, 0.25) is 0 Å². The average Bonchev–Trinajstić information content (AvgIpc) is 3.33. The highest BCUT2D eigenvalue weighted by atomic mass is 127. The summed E-state index contributed by atoms with van der Waals surface area (Å²) < 4.78 is 28.9. The molecule has 8 heteroatoms. The van der Waals surface area contributed by atoms with Gasteiger partial charge in [-0.25, -0.2) is 13.2 Å². The molecule has 0 spiro atoms. The fraction of sp³-hybridized carbons (Fsp3) is 0.893. The summed E-state index contributed by atoms with van der Waals surface area (Å²) in [5, 5.41) is 0.843. The van der Waals surface area contributed by atoms with Gasteiger partial charge in [0.05, 0.1) is 39.1 Å². The lowest BCUT2D eigenvalue weighted by Gasteiger charge is -2.48. The second-order valence-corrected chi connectivity index (χ2v) is 18.4. The number of carbonyl (C=O) groups is 1. The third-order valence-electron chi connectivity index (χ3n) is 9.02. The van der Waals surface area contributed by atoms with Crippen LogP contribution in [-0.2, 0) is 16.5 Å². The quantitative estimate of drug-likeness (QED) is 0.116. The monoisotopic (exact) mass is 651 g/mol. The Bertz CT molecular complexity index is 826. The van der Waals surface area contributed by atoms with E-state index >= 15 is 0 Å². The molecule has 3 aliphatic carbocycles. The van der Waals surface area contributed by atoms with Crippen molar-refractivity contribution in [2.45, 2.75) is 138 Å². The highest BCUT2D eigenvalue weighted by molar-refractivity contribution is 14.2. The van der Waals surface area contributed by atoms with E-state index < -0.39 is 13.0 Å². The van der Waals surface area contributed by atoms with Crippen molar-refractivity contribution < 1.29 is 17.9 Å². The lowest BCUT2D eigenvalue weighted by molar-refractivity contribution is -0.138. The number of hydrogen-bond acceptors (Lipinski definition) is 6. The molecule has 0 aromatic rings. The first kappa shape index (κ1) is 29.2. The van der Waals surface area contributed by atoms with Crippen LogP contribution in [0.4, 0.5) is 0 Å². The molecule has 4 rings (SSSR count). The minimum absolute atomic E-state index is 0.214. The van der Waals surface area contributed by atoms with Crippen LogP contribution in [0.5, 0.6) is 0 Å². The van der Waals surface area contributed by atoms with Gasteiger partial charge in [0.1, 0.15) is 0 Å². The fourth-order valence-corrected chi connectivity index (χ4v) is 10.7. The maximum atomic E-state index is 12.4. The predicted octanol–water partition coefficient (Wildman–Crippen LogP) is 7.03. The summed E-state index contributed by atoms with van der Waals surface area (Å²) in [6.45, 7) is 2.02. The third-order valence-corrected chi connectivity index (χ3v) is 12.3. The van der Waals surface area contributed by atoms with Crippen molar-refractivity contribution in [3.05, 3.63) is 11.6 Å². The Balaban J connectivity index is 1.34. The largest absolute Gasteiger partial charge is 0.463 e. The fourth-order valence-electron chi connectivity index (χ4n) is 7.39. The summed E-state index contributed by atoms with van der Waals surface area (Å²) >= 11 is 3.41. The van der Waals surface area contributed by atoms with Crippen molar-refractivity contribution in [1.82, 2.24) is 4.90 Å². The molecule has 206 valence electrons. The molecule has 5 nitrogen and oxygen atoms in total. The van der Waals surface area contributed by atoms with Crippen molar-refractivity contribution in [2.24, 2.45) is 5.92 Å². The predicted molar refractivity (Wildman–Crippen MR) is 158 cm³/mol. The molecular weight excluding hydrogens is 605 g/mol. The van der Waals surface area contributed by atoms with Crippen molar-refractivity contribution in [1.29, 1.82) is 0 Å². The Kier molecular flexibility index (Phi) is 11.4. The first-order chi connectivity index (χ1) is 17.3. The summed E-state index contributed by atoms with van der Waals surface area (Å²) in [4.78, 5) is 15.4. The number of ether oxygens (including phenoxy) is 1. The van der Waals surface area contributed by atoms with Gasteiger partial charge in [0.25, 0.3) is 0 Å². The minimum Gasteiger partial charge on any atom is -0.463 e. The summed E-state index contributed by atoms with van der Waals surface area (Å²) in [7, 11) is -3.31. The molecule has 0 radical (unpaired) electrons. The smallest absolute Gasteiger partial charge is 0.334 e. The van der Waals surface area contributed by atoms with E-state index in [4.69, 9.17) is 4.74 Å². The van der Waals surface area contributed by atoms with Crippen LogP contribution in [0.3, 0.4) is 0 Å². The number of carbonyl (C=O) groups excluding carboxylic acids is 1. The van der Waals surface area contributed by atoms with E-state index in [1.54, 1.807) is 6.92 Å². The molecule has 3 saturated carbocycles. The van der Waals surface area contributed by atoms with Gasteiger partial charge < -0.3 is 4.74 Å². The molecule has 0 N–H and O–H groups in total. The molecule has 0 aromatic heterocycles. The highest BCUT2D eigenvalue weighted by Crippen LogP contribution is 2.45. The van der Waals surface area contributed by atoms with Crippen molar-refractivity contribution >= 4 is 45.9 Å². The van der Waals surface area contributed by atoms with Gasteiger partial charge in [-0.15, -0.1) is 0 Å². The van der Waals surface area contributed by atoms with Gasteiger partial charge in [-0.05, 0) is 77.0 Å². The van der Waals surface area contributed by atoms with E-state index in [-0.39, 0.29) is 17.6 Å². The molecular formula is C28H46INO4S2. The van der Waals surface area contributed by atoms with E-state index in [0.29, 0.717) is 10.8 Å². The summed E-state index contributed by atoms with van der Waals surface area (Å²) in [5.74, 6) is 0.0357. The standard InChI is InChI=1S/C28H46INO4S2/c1-2-34-28(31)22(20-36(29,32)33)19-26-17-18-27(35-26)21-13-15-25(16-14-21)30(23-9-5-3-6-10-23)24-11-7-4-8-12-24/h19,21,23-27H,2-18,20H2,1H3/b22-19+. The lowest BCUT2D eigenvalue weighted by Crippen LogP contribution is -2.52. The molecule has 0 amide bonds. The Morgan fingerprint density at radius 1 is 0.861 bits per heavy atom. The van der Waals surface area contributed by atoms with E-state index in [9.17, 15) is 13.2 Å². The second-order valence-electron chi connectivity index (χ2n) is 11.5. The average molecular weight is 652 g/mol. The molecule has 2 atom stereocenters. The van der Waals surface area contributed by atoms with Crippen LogP contribution in [0, 0.1) is 5.92 Å². The Morgan fingerprint density at radius 3 is 1.94 bits per heavy atom. The van der Waals surface area contributed by atoms with E-state index in [1.165, 1.54) is 118 Å². The number of nitrogens with zero attached hydrogens (tertiary/aromatic N) is 1. The van der Waals surface area contributed by atoms with E-state index in [1.807, 2.05) is 17.8 Å². The van der Waals surface area contributed by atoms with Gasteiger partial charge in [0.2, 0.25) is 7.01 Å². The van der Waals surface area contributed by atoms with Gasteiger partial charge in [0.15, 0.2) is 0 Å². The van der Waals surface area contributed by atoms with Crippen LogP contribution < -0.4 is 0 Å². The zero-order valence-electron chi connectivity index (χ0n) is 22.0. The molecule has 1 saturated heterocycles. The van der Waals surface area contributed by atoms with E-state index in [0.717, 1.165) is 30.5 Å². The molecule has 2 unspecified atom stereocenters. The normalized spacial score (nSPS) is 31.6. The number of esters is 1. The number of halogens is 1. The maximum Gasteiger partial charge on any atom is 0.334 e. The van der Waals surface area contributed by atoms with Gasteiger partial charge in [-0.2, -0.15) is 11.8 Å². The third kappa shape index (κ3) is 8.35. The Labute approximate surface area is 235 Å². The van der Waals surface area contributed by atoms with Gasteiger partial charge in [-0.1, -0.05) is 44.6 Å². The summed E-state index contributed by atoms with van der Waals surface area (Å²) in [6, 6.07) is 2.43. The minimum atomic E-state index is -3.31. The summed E-state index contributed by atoms with van der Waals surface area (Å²) in [6.07, 6.45) is 23.6. The molecule has 0 aromatic carbocycles. The molecule has 4 aliphatic rings. The lowest BCUT2D eigenvalue weighted by atomic mass is 9.79. The van der Waals surface area contributed by atoms with Gasteiger partial charge >= 0.3 is 5.97 Å². The van der Waals surface area contributed by atoms with Crippen molar-refractivity contribution in [3.8, 4) is 0 Å². The zero-order chi connectivity index (χ0) is 25.5. The topological polar surface area (TPSA) is 63.7 Å². The number of rotatable bonds is 9. The van der Waals surface area contributed by atoms with Crippen LogP contribution in [0.15, 0.2) is 11.6 Å². The Hall–Kier alpha value is 0.200.